The second-order valence-corrected chi connectivity index (χ2v) is 7.90. The van der Waals surface area contributed by atoms with E-state index in [9.17, 15) is 9.90 Å². The number of esters is 1. The van der Waals surface area contributed by atoms with E-state index in [1.165, 1.54) is 6.07 Å². The largest absolute Gasteiger partial charge is 0.507 e. The third-order valence-electron chi connectivity index (χ3n) is 5.47. The zero-order valence-electron chi connectivity index (χ0n) is 17.5. The number of hydrogen-bond donors (Lipinski definition) is 1. The van der Waals surface area contributed by atoms with Crippen LogP contribution in [0.2, 0.25) is 0 Å². The van der Waals surface area contributed by atoms with Crippen LogP contribution in [0.5, 0.6) is 5.75 Å². The zero-order valence-corrected chi connectivity index (χ0v) is 17.5. The van der Waals surface area contributed by atoms with Gasteiger partial charge in [0.2, 0.25) is 0 Å². The van der Waals surface area contributed by atoms with Crippen LogP contribution in [-0.4, -0.2) is 32.2 Å². The second kappa shape index (κ2) is 10.1. The summed E-state index contributed by atoms with van der Waals surface area (Å²) in [4.78, 5) is 12.9. The first-order valence-corrected chi connectivity index (χ1v) is 10.8. The minimum Gasteiger partial charge on any atom is -0.507 e. The molecular formula is C25H27N3O3. The number of phenolic OH excluding ortho intramolecular Hbond substituents is 1. The fraction of sp³-hybridized carbons (Fsp3) is 0.320. The Hall–Kier alpha value is -3.41. The fourth-order valence-electron chi connectivity index (χ4n) is 3.88. The van der Waals surface area contributed by atoms with Gasteiger partial charge in [0.05, 0.1) is 12.2 Å². The topological polar surface area (TPSA) is 77.2 Å². The SMILES string of the molecule is O=C1O[C@@H](Cc2cn(Cc3ccccc3)nn2)CCCC/C=C/Cc2cccc(O)c21. The van der Waals surface area contributed by atoms with Crippen molar-refractivity contribution in [3.63, 3.8) is 0 Å². The van der Waals surface area contributed by atoms with E-state index < -0.39 is 5.97 Å². The quantitative estimate of drug-likeness (QED) is 0.501. The number of nitrogens with zero attached hydrogens (tertiary/aromatic N) is 3. The van der Waals surface area contributed by atoms with Crippen molar-refractivity contribution >= 4 is 5.97 Å². The molecule has 3 aromatic rings. The maximum Gasteiger partial charge on any atom is 0.342 e. The van der Waals surface area contributed by atoms with Gasteiger partial charge in [0, 0.05) is 12.6 Å². The number of phenols is 1. The smallest absolute Gasteiger partial charge is 0.342 e. The van der Waals surface area contributed by atoms with E-state index >= 15 is 0 Å². The number of aromatic nitrogens is 3. The molecule has 1 atom stereocenters. The Morgan fingerprint density at radius 2 is 1.94 bits per heavy atom. The first kappa shape index (κ1) is 20.8. The Labute approximate surface area is 182 Å². The zero-order chi connectivity index (χ0) is 21.5. The summed E-state index contributed by atoms with van der Waals surface area (Å²) in [5.74, 6) is -0.524. The van der Waals surface area contributed by atoms with Gasteiger partial charge in [0.1, 0.15) is 17.4 Å². The van der Waals surface area contributed by atoms with Crippen LogP contribution in [0, 0.1) is 0 Å². The van der Waals surface area contributed by atoms with Crippen LogP contribution in [0.25, 0.3) is 0 Å². The molecule has 0 spiro atoms. The molecular weight excluding hydrogens is 390 g/mol. The predicted molar refractivity (Wildman–Crippen MR) is 118 cm³/mol. The van der Waals surface area contributed by atoms with Crippen LogP contribution in [-0.2, 0) is 24.1 Å². The molecule has 31 heavy (non-hydrogen) atoms. The molecule has 1 aliphatic heterocycles. The highest BCUT2D eigenvalue weighted by molar-refractivity contribution is 5.94. The lowest BCUT2D eigenvalue weighted by Gasteiger charge is -2.19. The second-order valence-electron chi connectivity index (χ2n) is 7.90. The number of carbonyl (C=O) groups excluding carboxylic acids is 1. The van der Waals surface area contributed by atoms with E-state index in [4.69, 9.17) is 4.74 Å². The molecule has 2 heterocycles. The van der Waals surface area contributed by atoms with Crippen LogP contribution in [0.4, 0.5) is 0 Å². The Kier molecular flexibility index (Phi) is 6.77. The van der Waals surface area contributed by atoms with Crippen LogP contribution < -0.4 is 0 Å². The summed E-state index contributed by atoms with van der Waals surface area (Å²) in [5, 5.41) is 18.8. The van der Waals surface area contributed by atoms with Gasteiger partial charge in [0.25, 0.3) is 0 Å². The molecule has 0 saturated heterocycles. The molecule has 4 rings (SSSR count). The van der Waals surface area contributed by atoms with Crippen molar-refractivity contribution in [2.45, 2.75) is 51.2 Å². The number of cyclic esters (lactones) is 1. The number of aromatic hydroxyl groups is 1. The highest BCUT2D eigenvalue weighted by Crippen LogP contribution is 2.25. The van der Waals surface area contributed by atoms with Gasteiger partial charge in [-0.05, 0) is 49.3 Å². The number of hydrogen-bond acceptors (Lipinski definition) is 5. The van der Waals surface area contributed by atoms with Gasteiger partial charge in [-0.1, -0.05) is 59.8 Å². The van der Waals surface area contributed by atoms with Crippen molar-refractivity contribution in [3.8, 4) is 5.75 Å². The molecule has 0 bridgehead atoms. The van der Waals surface area contributed by atoms with Crippen LogP contribution in [0.15, 0.2) is 66.9 Å². The molecule has 0 radical (unpaired) electrons. The summed E-state index contributed by atoms with van der Waals surface area (Å²) < 4.78 is 7.66. The monoisotopic (exact) mass is 417 g/mol. The molecule has 0 unspecified atom stereocenters. The average molecular weight is 418 g/mol. The van der Waals surface area contributed by atoms with Gasteiger partial charge in [-0.15, -0.1) is 5.10 Å². The summed E-state index contributed by atoms with van der Waals surface area (Å²) in [5.41, 5.74) is 2.97. The molecule has 6 heteroatoms. The van der Waals surface area contributed by atoms with Crippen molar-refractivity contribution in [2.75, 3.05) is 0 Å². The molecule has 1 aromatic heterocycles. The van der Waals surface area contributed by atoms with Crippen LogP contribution in [0.3, 0.4) is 0 Å². The Bertz CT molecular complexity index is 1040. The summed E-state index contributed by atoms with van der Waals surface area (Å²) in [6, 6.07) is 15.2. The van der Waals surface area contributed by atoms with Crippen LogP contribution in [0.1, 0.15) is 52.9 Å². The normalized spacial score (nSPS) is 18.3. The lowest BCUT2D eigenvalue weighted by atomic mass is 10.0. The van der Waals surface area contributed by atoms with Crippen molar-refractivity contribution in [1.29, 1.82) is 0 Å². The highest BCUT2D eigenvalue weighted by Gasteiger charge is 2.23. The predicted octanol–water partition coefficient (Wildman–Crippen LogP) is 4.47. The van der Waals surface area contributed by atoms with Gasteiger partial charge < -0.3 is 9.84 Å². The molecule has 0 aliphatic carbocycles. The number of benzene rings is 2. The molecule has 0 saturated carbocycles. The van der Waals surface area contributed by atoms with E-state index in [0.29, 0.717) is 19.4 Å². The van der Waals surface area contributed by atoms with E-state index in [0.717, 1.165) is 42.5 Å². The van der Waals surface area contributed by atoms with Crippen molar-refractivity contribution < 1.29 is 14.6 Å². The number of ether oxygens (including phenoxy) is 1. The Morgan fingerprint density at radius 3 is 2.81 bits per heavy atom. The summed E-state index contributed by atoms with van der Waals surface area (Å²) >= 11 is 0. The summed E-state index contributed by atoms with van der Waals surface area (Å²) in [6.45, 7) is 0.645. The Balaban J connectivity index is 1.49. The first-order valence-electron chi connectivity index (χ1n) is 10.8. The lowest BCUT2D eigenvalue weighted by molar-refractivity contribution is 0.0271. The molecule has 160 valence electrons. The van der Waals surface area contributed by atoms with Gasteiger partial charge in [0.15, 0.2) is 0 Å². The first-order chi connectivity index (χ1) is 15.2. The molecule has 1 N–H and O–H groups in total. The van der Waals surface area contributed by atoms with Crippen molar-refractivity contribution in [3.05, 3.63) is 89.3 Å². The minimum absolute atomic E-state index is 0.0412. The molecule has 1 aliphatic rings. The van der Waals surface area contributed by atoms with Gasteiger partial charge in [-0.2, -0.15) is 0 Å². The van der Waals surface area contributed by atoms with E-state index in [1.54, 1.807) is 10.7 Å². The third kappa shape index (κ3) is 5.60. The van der Waals surface area contributed by atoms with E-state index in [2.05, 4.69) is 22.5 Å². The van der Waals surface area contributed by atoms with E-state index in [-0.39, 0.29) is 17.4 Å². The molecule has 0 fully saturated rings. The third-order valence-corrected chi connectivity index (χ3v) is 5.47. The van der Waals surface area contributed by atoms with Crippen LogP contribution >= 0.6 is 0 Å². The number of allylic oxidation sites excluding steroid dienone is 2. The minimum atomic E-state index is -0.483. The number of rotatable bonds is 4. The number of carbonyl (C=O) groups is 1. The van der Waals surface area contributed by atoms with Gasteiger partial charge in [-0.3, -0.25) is 0 Å². The standard InChI is InChI=1S/C25H27N3O3/c29-23-15-9-13-20-12-7-2-1-3-8-14-22(31-25(30)24(20)23)16-21-18-28(27-26-21)17-19-10-5-4-6-11-19/h2,4-7,9-11,13,15,18,22,29H,1,3,8,12,14,16-17H2/b7-2+/t22-/m1/s1. The van der Waals surface area contributed by atoms with Crippen molar-refractivity contribution in [2.24, 2.45) is 0 Å². The highest BCUT2D eigenvalue weighted by atomic mass is 16.5. The van der Waals surface area contributed by atoms with Crippen molar-refractivity contribution in [1.82, 2.24) is 15.0 Å². The summed E-state index contributed by atoms with van der Waals surface area (Å²) in [6.07, 6.45) is 10.6. The summed E-state index contributed by atoms with van der Waals surface area (Å²) in [7, 11) is 0. The van der Waals surface area contributed by atoms with E-state index in [1.807, 2.05) is 42.6 Å². The van der Waals surface area contributed by atoms with Gasteiger partial charge in [-0.25, -0.2) is 9.48 Å². The molecule has 6 nitrogen and oxygen atoms in total. The maximum absolute atomic E-state index is 12.9. The number of fused-ring (bicyclic) bond motifs is 1. The maximum atomic E-state index is 12.9. The van der Waals surface area contributed by atoms with Gasteiger partial charge >= 0.3 is 5.97 Å². The lowest BCUT2D eigenvalue weighted by Crippen LogP contribution is -2.22. The molecule has 0 amide bonds. The fourth-order valence-corrected chi connectivity index (χ4v) is 3.88. The molecule has 2 aromatic carbocycles. The Morgan fingerprint density at radius 1 is 1.06 bits per heavy atom. The average Bonchev–Trinajstić information content (AvgIpc) is 3.19.